The Morgan fingerprint density at radius 2 is 1.82 bits per heavy atom. The van der Waals surface area contributed by atoms with Crippen LogP contribution in [0.25, 0.3) is 16.3 Å². The van der Waals surface area contributed by atoms with E-state index < -0.39 is 6.04 Å². The first-order valence-electron chi connectivity index (χ1n) is 11.2. The van der Waals surface area contributed by atoms with Gasteiger partial charge in [0.1, 0.15) is 0 Å². The van der Waals surface area contributed by atoms with Crippen LogP contribution in [0.5, 0.6) is 0 Å². The molecule has 2 aromatic carbocycles. The zero-order chi connectivity index (χ0) is 23.8. The third kappa shape index (κ3) is 4.15. The molecule has 34 heavy (non-hydrogen) atoms. The summed E-state index contributed by atoms with van der Waals surface area (Å²) in [7, 11) is 0. The van der Waals surface area contributed by atoms with Crippen molar-refractivity contribution in [1.82, 2.24) is 20.4 Å². The minimum Gasteiger partial charge on any atom is -0.334 e. The van der Waals surface area contributed by atoms with E-state index in [1.807, 2.05) is 42.6 Å². The number of benzene rings is 2. The molecule has 5 rings (SSSR count). The predicted molar refractivity (Wildman–Crippen MR) is 134 cm³/mol. The number of carbonyl (C=O) groups is 1. The van der Waals surface area contributed by atoms with Crippen molar-refractivity contribution in [3.05, 3.63) is 99.4 Å². The summed E-state index contributed by atoms with van der Waals surface area (Å²) in [5.74, 6) is 0.962. The quantitative estimate of drug-likeness (QED) is 0.365. The highest BCUT2D eigenvalue weighted by Gasteiger charge is 2.36. The van der Waals surface area contributed by atoms with Gasteiger partial charge in [0, 0.05) is 5.70 Å². The van der Waals surface area contributed by atoms with Gasteiger partial charge in [-0.25, -0.2) is 4.79 Å². The molecular weight excluding hydrogens is 444 g/mol. The number of nitrogens with zero attached hydrogens (tertiary/aromatic N) is 3. The zero-order valence-electron chi connectivity index (χ0n) is 19.6. The second-order valence-corrected chi connectivity index (χ2v) is 9.65. The predicted octanol–water partition coefficient (Wildman–Crippen LogP) is 6.42. The van der Waals surface area contributed by atoms with Crippen LogP contribution in [0.1, 0.15) is 46.7 Å². The van der Waals surface area contributed by atoms with Crippen molar-refractivity contribution in [1.29, 1.82) is 0 Å². The number of carbonyl (C=O) groups excluding carboxylic acids is 1. The summed E-state index contributed by atoms with van der Waals surface area (Å²) in [5, 5.41) is 9.40. The number of thiophene rings is 1. The van der Waals surface area contributed by atoms with Crippen LogP contribution in [0, 0.1) is 20.8 Å². The van der Waals surface area contributed by atoms with Gasteiger partial charge in [-0.1, -0.05) is 59.3 Å². The third-order valence-electron chi connectivity index (χ3n) is 6.32. The van der Waals surface area contributed by atoms with Gasteiger partial charge in [0.2, 0.25) is 5.82 Å². The van der Waals surface area contributed by atoms with Crippen molar-refractivity contribution >= 4 is 22.9 Å². The normalized spacial score (nSPS) is 16.2. The number of aromatic nitrogens is 2. The van der Waals surface area contributed by atoms with Crippen LogP contribution in [-0.4, -0.2) is 21.1 Å². The summed E-state index contributed by atoms with van der Waals surface area (Å²) in [4.78, 5) is 20.7. The molecule has 0 spiro atoms. The van der Waals surface area contributed by atoms with Crippen LogP contribution < -0.4 is 5.32 Å². The van der Waals surface area contributed by atoms with E-state index >= 15 is 0 Å². The molecule has 6 nitrogen and oxygen atoms in total. The van der Waals surface area contributed by atoms with Crippen molar-refractivity contribution in [2.45, 2.75) is 40.3 Å². The maximum absolute atomic E-state index is 13.3. The molecule has 0 radical (unpaired) electrons. The number of hydrogen-bond donors (Lipinski definition) is 1. The summed E-state index contributed by atoms with van der Waals surface area (Å²) in [6.45, 7) is 8.61. The first-order chi connectivity index (χ1) is 16.4. The van der Waals surface area contributed by atoms with Crippen molar-refractivity contribution < 1.29 is 9.32 Å². The summed E-state index contributed by atoms with van der Waals surface area (Å²) in [5.41, 5.74) is 7.19. The van der Waals surface area contributed by atoms with Crippen molar-refractivity contribution in [3.63, 3.8) is 0 Å². The number of rotatable bonds is 5. The molecule has 0 aliphatic carbocycles. The molecule has 2 amide bonds. The third-order valence-corrected chi connectivity index (χ3v) is 7.19. The van der Waals surface area contributed by atoms with E-state index in [4.69, 9.17) is 9.51 Å². The number of allylic oxidation sites excluding steroid dienone is 1. The Balaban J connectivity index is 1.60. The second kappa shape index (κ2) is 8.91. The molecule has 1 aliphatic rings. The van der Waals surface area contributed by atoms with Crippen molar-refractivity contribution in [2.24, 2.45) is 0 Å². The van der Waals surface area contributed by atoms with Gasteiger partial charge in [0.15, 0.2) is 0 Å². The van der Waals surface area contributed by atoms with Crippen LogP contribution in [0.2, 0.25) is 0 Å². The Morgan fingerprint density at radius 1 is 1.03 bits per heavy atom. The summed E-state index contributed by atoms with van der Waals surface area (Å²) in [6.07, 6.45) is 0. The van der Waals surface area contributed by atoms with Crippen LogP contribution in [0.15, 0.2) is 70.2 Å². The standard InChI is InChI=1S/C27H26N4O2S/c1-16-7-10-20(11-8-16)15-31-19(4)23(26-29-25(30-33-26)22-6-5-13-34-22)24(28-27(31)32)21-12-9-17(2)18(3)14-21/h5-14,24H,15H2,1-4H3,(H,28,32). The number of amides is 2. The van der Waals surface area contributed by atoms with E-state index in [9.17, 15) is 4.79 Å². The molecule has 0 fully saturated rings. The second-order valence-electron chi connectivity index (χ2n) is 8.70. The van der Waals surface area contributed by atoms with E-state index in [1.165, 1.54) is 11.1 Å². The molecule has 0 bridgehead atoms. The van der Waals surface area contributed by atoms with Crippen LogP contribution in [-0.2, 0) is 6.54 Å². The molecule has 0 saturated carbocycles. The van der Waals surface area contributed by atoms with Gasteiger partial charge in [0.05, 0.1) is 23.0 Å². The Labute approximate surface area is 202 Å². The fourth-order valence-electron chi connectivity index (χ4n) is 4.16. The molecule has 3 heterocycles. The average molecular weight is 471 g/mol. The van der Waals surface area contributed by atoms with E-state index in [0.717, 1.165) is 32.8 Å². The summed E-state index contributed by atoms with van der Waals surface area (Å²) in [6, 6.07) is 17.8. The first-order valence-corrected chi connectivity index (χ1v) is 12.1. The minimum absolute atomic E-state index is 0.150. The van der Waals surface area contributed by atoms with E-state index in [-0.39, 0.29) is 6.03 Å². The SMILES string of the molecule is CC1=C(c2nc(-c3cccs3)no2)C(c2ccc(C)c(C)c2)NC(=O)N1Cc1ccc(C)cc1. The summed E-state index contributed by atoms with van der Waals surface area (Å²) < 4.78 is 5.76. The fraction of sp³-hybridized carbons (Fsp3) is 0.222. The highest BCUT2D eigenvalue weighted by atomic mass is 32.1. The molecule has 1 unspecified atom stereocenters. The van der Waals surface area contributed by atoms with Gasteiger partial charge in [-0.2, -0.15) is 4.98 Å². The molecule has 0 saturated heterocycles. The molecule has 7 heteroatoms. The number of aryl methyl sites for hydroxylation is 3. The van der Waals surface area contributed by atoms with Crippen LogP contribution in [0.4, 0.5) is 4.79 Å². The number of hydrogen-bond acceptors (Lipinski definition) is 5. The highest BCUT2D eigenvalue weighted by Crippen LogP contribution is 2.38. The first kappa shape index (κ1) is 22.1. The average Bonchev–Trinajstić information content (AvgIpc) is 3.51. The highest BCUT2D eigenvalue weighted by molar-refractivity contribution is 7.13. The Bertz CT molecular complexity index is 1370. The molecular formula is C27H26N4O2S. The molecule has 4 aromatic rings. The minimum atomic E-state index is -0.391. The Morgan fingerprint density at radius 3 is 2.53 bits per heavy atom. The maximum atomic E-state index is 13.3. The van der Waals surface area contributed by atoms with Crippen LogP contribution in [0.3, 0.4) is 0 Å². The van der Waals surface area contributed by atoms with E-state index in [1.54, 1.807) is 16.2 Å². The van der Waals surface area contributed by atoms with Crippen molar-refractivity contribution in [2.75, 3.05) is 0 Å². The Kier molecular flexibility index (Phi) is 5.79. The molecule has 1 N–H and O–H groups in total. The van der Waals surface area contributed by atoms with Gasteiger partial charge in [-0.05, 0) is 61.4 Å². The fourth-order valence-corrected chi connectivity index (χ4v) is 4.81. The lowest BCUT2D eigenvalue weighted by Gasteiger charge is -2.35. The van der Waals surface area contributed by atoms with Gasteiger partial charge in [0.25, 0.3) is 5.89 Å². The Hall–Kier alpha value is -3.71. The summed E-state index contributed by atoms with van der Waals surface area (Å²) >= 11 is 1.56. The molecule has 1 atom stereocenters. The smallest absolute Gasteiger partial charge is 0.322 e. The number of nitrogens with one attached hydrogen (secondary N) is 1. The van der Waals surface area contributed by atoms with Gasteiger partial charge >= 0.3 is 6.03 Å². The monoisotopic (exact) mass is 470 g/mol. The van der Waals surface area contributed by atoms with Gasteiger partial charge < -0.3 is 9.84 Å². The zero-order valence-corrected chi connectivity index (χ0v) is 20.4. The topological polar surface area (TPSA) is 71.3 Å². The number of urea groups is 1. The van der Waals surface area contributed by atoms with Gasteiger partial charge in [-0.3, -0.25) is 4.90 Å². The van der Waals surface area contributed by atoms with Crippen molar-refractivity contribution in [3.8, 4) is 10.7 Å². The largest absolute Gasteiger partial charge is 0.334 e. The lowest BCUT2D eigenvalue weighted by molar-refractivity contribution is 0.203. The lowest BCUT2D eigenvalue weighted by atomic mass is 9.92. The lowest BCUT2D eigenvalue weighted by Crippen LogP contribution is -2.45. The maximum Gasteiger partial charge on any atom is 0.322 e. The van der Waals surface area contributed by atoms with E-state index in [2.05, 4.69) is 55.5 Å². The van der Waals surface area contributed by atoms with E-state index in [0.29, 0.717) is 18.3 Å². The van der Waals surface area contributed by atoms with Crippen LogP contribution >= 0.6 is 11.3 Å². The van der Waals surface area contributed by atoms with Gasteiger partial charge in [-0.15, -0.1) is 11.3 Å². The molecule has 2 aromatic heterocycles. The molecule has 1 aliphatic heterocycles. The molecule has 172 valence electrons.